The second-order valence-electron chi connectivity index (χ2n) is 6.96. The lowest BCUT2D eigenvalue weighted by atomic mass is 10.1. The minimum Gasteiger partial charge on any atom is -0.389 e. The summed E-state index contributed by atoms with van der Waals surface area (Å²) in [4.78, 5) is 15.3. The smallest absolute Gasteiger partial charge is 0.252 e. The molecule has 27 heavy (non-hydrogen) atoms. The van der Waals surface area contributed by atoms with Crippen molar-refractivity contribution in [3.63, 3.8) is 0 Å². The van der Waals surface area contributed by atoms with Crippen LogP contribution in [0, 0.1) is 13.8 Å². The van der Waals surface area contributed by atoms with Gasteiger partial charge in [0.05, 0.1) is 24.8 Å². The molecule has 0 aliphatic rings. The van der Waals surface area contributed by atoms with E-state index in [-0.39, 0.29) is 12.2 Å². The molecule has 0 radical (unpaired) electrons. The molecule has 1 unspecified atom stereocenters. The van der Waals surface area contributed by atoms with Gasteiger partial charge in [-0.1, -0.05) is 42.0 Å². The summed E-state index contributed by atoms with van der Waals surface area (Å²) in [6.45, 7) is 5.51. The van der Waals surface area contributed by atoms with Crippen LogP contribution in [0.3, 0.4) is 0 Å². The van der Waals surface area contributed by atoms with E-state index in [4.69, 9.17) is 4.74 Å². The van der Waals surface area contributed by atoms with Crippen molar-refractivity contribution in [2.45, 2.75) is 33.1 Å². The van der Waals surface area contributed by atoms with Crippen molar-refractivity contribution in [3.05, 3.63) is 81.1 Å². The number of rotatable bonds is 8. The Kier molecular flexibility index (Phi) is 6.40. The van der Waals surface area contributed by atoms with Gasteiger partial charge in [-0.2, -0.15) is 0 Å². The molecule has 1 atom stereocenters. The summed E-state index contributed by atoms with van der Waals surface area (Å²) in [7, 11) is 0. The van der Waals surface area contributed by atoms with Gasteiger partial charge < -0.3 is 20.1 Å². The Morgan fingerprint density at radius 2 is 1.93 bits per heavy atom. The number of H-pyrrole nitrogens is 1. The first-order valence-electron chi connectivity index (χ1n) is 9.16. The van der Waals surface area contributed by atoms with Crippen LogP contribution in [-0.2, 0) is 17.9 Å². The van der Waals surface area contributed by atoms with E-state index in [1.165, 1.54) is 0 Å². The fourth-order valence-corrected chi connectivity index (χ4v) is 3.18. The highest BCUT2D eigenvalue weighted by molar-refractivity contribution is 5.82. The van der Waals surface area contributed by atoms with Gasteiger partial charge in [-0.3, -0.25) is 4.79 Å². The van der Waals surface area contributed by atoms with E-state index >= 15 is 0 Å². The van der Waals surface area contributed by atoms with Gasteiger partial charge in [-0.05, 0) is 42.5 Å². The van der Waals surface area contributed by atoms with E-state index < -0.39 is 6.10 Å². The number of benzene rings is 2. The second kappa shape index (κ2) is 8.95. The summed E-state index contributed by atoms with van der Waals surface area (Å²) < 4.78 is 5.53. The number of aliphatic hydroxyl groups is 1. The monoisotopic (exact) mass is 366 g/mol. The van der Waals surface area contributed by atoms with Gasteiger partial charge in [0.15, 0.2) is 0 Å². The molecular weight excluding hydrogens is 340 g/mol. The fraction of sp³-hybridized carbons (Fsp3) is 0.318. The van der Waals surface area contributed by atoms with Crippen LogP contribution < -0.4 is 10.9 Å². The van der Waals surface area contributed by atoms with Gasteiger partial charge in [0.2, 0.25) is 0 Å². The van der Waals surface area contributed by atoms with Crippen molar-refractivity contribution in [2.75, 3.05) is 13.2 Å². The van der Waals surface area contributed by atoms with E-state index in [0.29, 0.717) is 25.3 Å². The summed E-state index contributed by atoms with van der Waals surface area (Å²) in [6, 6.07) is 15.9. The highest BCUT2D eigenvalue weighted by atomic mass is 16.5. The Bertz CT molecular complexity index is 951. The van der Waals surface area contributed by atoms with Crippen LogP contribution >= 0.6 is 0 Å². The highest BCUT2D eigenvalue weighted by Gasteiger charge is 2.08. The molecule has 1 aromatic heterocycles. The van der Waals surface area contributed by atoms with Gasteiger partial charge in [-0.25, -0.2) is 0 Å². The van der Waals surface area contributed by atoms with E-state index in [1.54, 1.807) is 0 Å². The molecule has 0 amide bonds. The Morgan fingerprint density at radius 3 is 2.70 bits per heavy atom. The number of hydrogen-bond donors (Lipinski definition) is 3. The number of nitrogens with one attached hydrogen (secondary N) is 2. The maximum Gasteiger partial charge on any atom is 0.252 e. The van der Waals surface area contributed by atoms with E-state index in [0.717, 1.165) is 27.6 Å². The van der Waals surface area contributed by atoms with Crippen LogP contribution in [0.1, 0.15) is 22.3 Å². The minimum atomic E-state index is -0.627. The summed E-state index contributed by atoms with van der Waals surface area (Å²) >= 11 is 0. The highest BCUT2D eigenvalue weighted by Crippen LogP contribution is 2.17. The molecule has 3 aromatic rings. The SMILES string of the molecule is Cc1cc(C)c2[nH]c(=O)c(CNCC(O)COCc3ccccc3)cc2c1. The number of fused-ring (bicyclic) bond motifs is 1. The standard InChI is InChI=1S/C22H26N2O3/c1-15-8-16(2)21-18(9-15)10-19(22(26)24-21)11-23-12-20(25)14-27-13-17-6-4-3-5-7-17/h3-10,20,23,25H,11-14H2,1-2H3,(H,24,26). The Labute approximate surface area is 159 Å². The topological polar surface area (TPSA) is 74.4 Å². The number of pyridine rings is 1. The fourth-order valence-electron chi connectivity index (χ4n) is 3.18. The summed E-state index contributed by atoms with van der Waals surface area (Å²) in [6.07, 6.45) is -0.627. The quantitative estimate of drug-likeness (QED) is 0.573. The van der Waals surface area contributed by atoms with Gasteiger partial charge in [0.25, 0.3) is 5.56 Å². The van der Waals surface area contributed by atoms with Crippen LogP contribution in [0.2, 0.25) is 0 Å². The third-order valence-electron chi connectivity index (χ3n) is 4.49. The maximum absolute atomic E-state index is 12.3. The maximum atomic E-state index is 12.3. The summed E-state index contributed by atoms with van der Waals surface area (Å²) in [5.74, 6) is 0. The normalized spacial score (nSPS) is 12.4. The van der Waals surface area contributed by atoms with Gasteiger partial charge in [-0.15, -0.1) is 0 Å². The molecule has 3 N–H and O–H groups in total. The third kappa shape index (κ3) is 5.26. The zero-order valence-electron chi connectivity index (χ0n) is 15.8. The first-order chi connectivity index (χ1) is 13.0. The molecule has 0 saturated carbocycles. The molecule has 0 aliphatic heterocycles. The molecule has 0 spiro atoms. The molecule has 1 heterocycles. The molecule has 0 saturated heterocycles. The van der Waals surface area contributed by atoms with Crippen LogP contribution in [-0.4, -0.2) is 29.3 Å². The summed E-state index contributed by atoms with van der Waals surface area (Å²) in [5, 5.41) is 14.2. The Morgan fingerprint density at radius 1 is 1.15 bits per heavy atom. The average molecular weight is 366 g/mol. The number of hydrogen-bond acceptors (Lipinski definition) is 4. The number of aromatic amines is 1. The van der Waals surface area contributed by atoms with Crippen LogP contribution in [0.25, 0.3) is 10.9 Å². The number of aromatic nitrogens is 1. The largest absolute Gasteiger partial charge is 0.389 e. The molecule has 5 heteroatoms. The van der Waals surface area contributed by atoms with Gasteiger partial charge in [0.1, 0.15) is 0 Å². The van der Waals surface area contributed by atoms with Crippen LogP contribution in [0.4, 0.5) is 0 Å². The Hall–Kier alpha value is -2.47. The molecule has 0 aliphatic carbocycles. The Balaban J connectivity index is 1.51. The van der Waals surface area contributed by atoms with Crippen LogP contribution in [0.15, 0.2) is 53.3 Å². The molecular formula is C22H26N2O3. The van der Waals surface area contributed by atoms with E-state index in [1.807, 2.05) is 50.2 Å². The van der Waals surface area contributed by atoms with Crippen molar-refractivity contribution in [2.24, 2.45) is 0 Å². The lowest BCUT2D eigenvalue weighted by Gasteiger charge is -2.13. The van der Waals surface area contributed by atoms with Gasteiger partial charge in [0, 0.05) is 18.7 Å². The van der Waals surface area contributed by atoms with Crippen molar-refractivity contribution in [1.82, 2.24) is 10.3 Å². The predicted octanol–water partition coefficient (Wildman–Crippen LogP) is 2.81. The third-order valence-corrected chi connectivity index (χ3v) is 4.49. The van der Waals surface area contributed by atoms with Crippen molar-refractivity contribution < 1.29 is 9.84 Å². The lowest BCUT2D eigenvalue weighted by Crippen LogP contribution is -2.31. The lowest BCUT2D eigenvalue weighted by molar-refractivity contribution is 0.0287. The summed E-state index contributed by atoms with van der Waals surface area (Å²) in [5.41, 5.74) is 4.74. The van der Waals surface area contributed by atoms with Gasteiger partial charge >= 0.3 is 0 Å². The second-order valence-corrected chi connectivity index (χ2v) is 6.96. The van der Waals surface area contributed by atoms with Crippen molar-refractivity contribution in [1.29, 1.82) is 0 Å². The first-order valence-corrected chi connectivity index (χ1v) is 9.16. The number of aliphatic hydroxyl groups excluding tert-OH is 1. The van der Waals surface area contributed by atoms with E-state index in [9.17, 15) is 9.90 Å². The van der Waals surface area contributed by atoms with Crippen molar-refractivity contribution in [3.8, 4) is 0 Å². The molecule has 142 valence electrons. The zero-order chi connectivity index (χ0) is 19.2. The number of ether oxygens (including phenoxy) is 1. The molecule has 0 fully saturated rings. The van der Waals surface area contributed by atoms with E-state index in [2.05, 4.69) is 22.4 Å². The minimum absolute atomic E-state index is 0.100. The predicted molar refractivity (Wildman–Crippen MR) is 108 cm³/mol. The first kappa shape index (κ1) is 19.3. The average Bonchev–Trinajstić information content (AvgIpc) is 2.64. The molecule has 2 aromatic carbocycles. The molecule has 0 bridgehead atoms. The number of aryl methyl sites for hydroxylation is 2. The van der Waals surface area contributed by atoms with Crippen molar-refractivity contribution >= 4 is 10.9 Å². The van der Waals surface area contributed by atoms with Crippen LogP contribution in [0.5, 0.6) is 0 Å². The molecule has 5 nitrogen and oxygen atoms in total. The zero-order valence-corrected chi connectivity index (χ0v) is 15.8. The molecule has 3 rings (SSSR count).